The minimum atomic E-state index is -0.573. The summed E-state index contributed by atoms with van der Waals surface area (Å²) in [5.41, 5.74) is 2.21. The summed E-state index contributed by atoms with van der Waals surface area (Å²) in [6.07, 6.45) is 1.06. The van der Waals surface area contributed by atoms with Crippen LogP contribution in [-0.2, 0) is 13.6 Å². The summed E-state index contributed by atoms with van der Waals surface area (Å²) in [4.78, 5) is 6.25. The van der Waals surface area contributed by atoms with E-state index in [1.54, 1.807) is 6.20 Å². The molecule has 6 heteroatoms. The molecule has 0 bridgehead atoms. The van der Waals surface area contributed by atoms with Gasteiger partial charge in [0.15, 0.2) is 0 Å². The van der Waals surface area contributed by atoms with E-state index in [4.69, 9.17) is 16.3 Å². The molecule has 126 valence electrons. The minimum absolute atomic E-state index is 0.260. The molecule has 1 aromatic heterocycles. The van der Waals surface area contributed by atoms with E-state index in [0.717, 1.165) is 22.7 Å². The maximum Gasteiger partial charge on any atom is 0.128 e. The molecular formula is C17H24ClN3O2. The summed E-state index contributed by atoms with van der Waals surface area (Å²) in [7, 11) is 3.81. The van der Waals surface area contributed by atoms with Gasteiger partial charge < -0.3 is 14.4 Å². The standard InChI is InChI=1S/C17H24ClN3O2/c1-12-5-6-13(2)15(7-12)23-11-14(22)9-20(3)10-17-19-8-16(18)21(17)4/h5-8,14,22H,9-11H2,1-4H3. The Morgan fingerprint density at radius 2 is 2.13 bits per heavy atom. The van der Waals surface area contributed by atoms with Crippen LogP contribution >= 0.6 is 11.6 Å². The van der Waals surface area contributed by atoms with Crippen LogP contribution in [0, 0.1) is 13.8 Å². The molecule has 1 aromatic carbocycles. The lowest BCUT2D eigenvalue weighted by Gasteiger charge is -2.21. The Morgan fingerprint density at radius 3 is 2.78 bits per heavy atom. The van der Waals surface area contributed by atoms with Gasteiger partial charge in [0.25, 0.3) is 0 Å². The summed E-state index contributed by atoms with van der Waals surface area (Å²) < 4.78 is 7.57. The number of aliphatic hydroxyl groups is 1. The number of halogens is 1. The topological polar surface area (TPSA) is 50.5 Å². The second-order valence-electron chi connectivity index (χ2n) is 5.99. The molecule has 0 radical (unpaired) electrons. The zero-order valence-corrected chi connectivity index (χ0v) is 14.8. The molecule has 2 rings (SSSR count). The Bertz CT molecular complexity index is 657. The Kier molecular flexibility index (Phi) is 6.04. The molecule has 1 N–H and O–H groups in total. The second-order valence-corrected chi connectivity index (χ2v) is 6.37. The highest BCUT2D eigenvalue weighted by Crippen LogP contribution is 2.19. The van der Waals surface area contributed by atoms with Crippen molar-refractivity contribution < 1.29 is 9.84 Å². The predicted octanol–water partition coefficient (Wildman–Crippen LogP) is 2.56. The molecule has 5 nitrogen and oxygen atoms in total. The lowest BCUT2D eigenvalue weighted by molar-refractivity contribution is 0.0732. The fourth-order valence-corrected chi connectivity index (χ4v) is 2.48. The number of likely N-dealkylation sites (N-methyl/N-ethyl adjacent to an activating group) is 1. The van der Waals surface area contributed by atoms with Gasteiger partial charge in [0, 0.05) is 13.6 Å². The Labute approximate surface area is 142 Å². The van der Waals surface area contributed by atoms with Crippen molar-refractivity contribution in [2.75, 3.05) is 20.2 Å². The highest BCUT2D eigenvalue weighted by Gasteiger charge is 2.13. The van der Waals surface area contributed by atoms with Gasteiger partial charge in [-0.2, -0.15) is 0 Å². The van der Waals surface area contributed by atoms with E-state index in [2.05, 4.69) is 4.98 Å². The SMILES string of the molecule is Cc1ccc(C)c(OCC(O)CN(C)Cc2ncc(Cl)n2C)c1. The van der Waals surface area contributed by atoms with E-state index >= 15 is 0 Å². The monoisotopic (exact) mass is 337 g/mol. The molecule has 2 aromatic rings. The van der Waals surface area contributed by atoms with Gasteiger partial charge >= 0.3 is 0 Å². The van der Waals surface area contributed by atoms with Crippen molar-refractivity contribution in [1.82, 2.24) is 14.5 Å². The Hall–Kier alpha value is -1.56. The number of nitrogens with zero attached hydrogens (tertiary/aromatic N) is 3. The third-order valence-corrected chi connectivity index (χ3v) is 4.09. The summed E-state index contributed by atoms with van der Waals surface area (Å²) in [6.45, 7) is 5.39. The first-order valence-electron chi connectivity index (χ1n) is 7.59. The van der Waals surface area contributed by atoms with Crippen molar-refractivity contribution in [2.24, 2.45) is 7.05 Å². The van der Waals surface area contributed by atoms with Crippen molar-refractivity contribution in [1.29, 1.82) is 0 Å². The van der Waals surface area contributed by atoms with E-state index in [0.29, 0.717) is 18.2 Å². The number of imidazole rings is 1. The third-order valence-electron chi connectivity index (χ3n) is 3.74. The van der Waals surface area contributed by atoms with Gasteiger partial charge in [-0.25, -0.2) is 4.98 Å². The van der Waals surface area contributed by atoms with E-state index < -0.39 is 6.10 Å². The molecule has 1 heterocycles. The number of hydrogen-bond acceptors (Lipinski definition) is 4. The molecule has 1 atom stereocenters. The van der Waals surface area contributed by atoms with Gasteiger partial charge in [0.05, 0.1) is 12.7 Å². The zero-order valence-electron chi connectivity index (χ0n) is 14.1. The highest BCUT2D eigenvalue weighted by molar-refractivity contribution is 6.29. The molecule has 0 saturated heterocycles. The van der Waals surface area contributed by atoms with Crippen LogP contribution < -0.4 is 4.74 Å². The zero-order chi connectivity index (χ0) is 17.0. The molecular weight excluding hydrogens is 314 g/mol. The average Bonchev–Trinajstić information content (AvgIpc) is 2.80. The third kappa shape index (κ3) is 4.96. The van der Waals surface area contributed by atoms with Gasteiger partial charge in [0.2, 0.25) is 0 Å². The molecule has 1 unspecified atom stereocenters. The number of aryl methyl sites for hydroxylation is 2. The van der Waals surface area contributed by atoms with Gasteiger partial charge in [-0.3, -0.25) is 4.90 Å². The van der Waals surface area contributed by atoms with Crippen LogP contribution in [0.4, 0.5) is 0 Å². The smallest absolute Gasteiger partial charge is 0.128 e. The Balaban J connectivity index is 1.83. The van der Waals surface area contributed by atoms with Crippen molar-refractivity contribution >= 4 is 11.6 Å². The van der Waals surface area contributed by atoms with Crippen molar-refractivity contribution in [3.63, 3.8) is 0 Å². The first-order valence-corrected chi connectivity index (χ1v) is 7.97. The molecule has 0 amide bonds. The molecule has 0 fully saturated rings. The summed E-state index contributed by atoms with van der Waals surface area (Å²) >= 11 is 5.98. The number of hydrogen-bond donors (Lipinski definition) is 1. The van der Waals surface area contributed by atoms with Gasteiger partial charge in [-0.1, -0.05) is 23.7 Å². The molecule has 0 saturated carbocycles. The molecule has 0 aliphatic rings. The van der Waals surface area contributed by atoms with Crippen LogP contribution in [0.5, 0.6) is 5.75 Å². The van der Waals surface area contributed by atoms with E-state index in [1.165, 1.54) is 0 Å². The average molecular weight is 338 g/mol. The fraction of sp³-hybridized carbons (Fsp3) is 0.471. The summed E-state index contributed by atoms with van der Waals surface area (Å²) in [5, 5.41) is 10.8. The molecule has 0 spiro atoms. The quantitative estimate of drug-likeness (QED) is 0.843. The molecule has 23 heavy (non-hydrogen) atoms. The van der Waals surface area contributed by atoms with Crippen molar-refractivity contribution in [3.05, 3.63) is 46.5 Å². The molecule has 0 aliphatic heterocycles. The Morgan fingerprint density at radius 1 is 1.39 bits per heavy atom. The van der Waals surface area contributed by atoms with E-state index in [9.17, 15) is 5.11 Å². The minimum Gasteiger partial charge on any atom is -0.491 e. The number of aliphatic hydroxyl groups excluding tert-OH is 1. The van der Waals surface area contributed by atoms with Gasteiger partial charge in [-0.05, 0) is 38.1 Å². The van der Waals surface area contributed by atoms with Crippen LogP contribution in [0.15, 0.2) is 24.4 Å². The first-order chi connectivity index (χ1) is 10.9. The lowest BCUT2D eigenvalue weighted by Crippen LogP contribution is -2.33. The molecule has 0 aliphatic carbocycles. The van der Waals surface area contributed by atoms with Crippen LogP contribution in [0.1, 0.15) is 17.0 Å². The normalized spacial score (nSPS) is 12.7. The van der Waals surface area contributed by atoms with E-state index in [-0.39, 0.29) is 6.61 Å². The first kappa shape index (κ1) is 17.8. The maximum atomic E-state index is 10.2. The fourth-order valence-electron chi connectivity index (χ4n) is 2.34. The van der Waals surface area contributed by atoms with Crippen molar-refractivity contribution in [2.45, 2.75) is 26.5 Å². The van der Waals surface area contributed by atoms with Gasteiger partial charge in [-0.15, -0.1) is 0 Å². The number of benzene rings is 1. The number of aromatic nitrogens is 2. The van der Waals surface area contributed by atoms with Crippen LogP contribution in [0.25, 0.3) is 0 Å². The second kappa shape index (κ2) is 7.81. The van der Waals surface area contributed by atoms with E-state index in [1.807, 2.05) is 55.6 Å². The number of ether oxygens (including phenoxy) is 1. The van der Waals surface area contributed by atoms with Crippen LogP contribution in [0.3, 0.4) is 0 Å². The predicted molar refractivity (Wildman–Crippen MR) is 92.0 cm³/mol. The lowest BCUT2D eigenvalue weighted by atomic mass is 10.1. The number of rotatable bonds is 7. The summed E-state index contributed by atoms with van der Waals surface area (Å²) in [6, 6.07) is 6.06. The maximum absolute atomic E-state index is 10.2. The largest absolute Gasteiger partial charge is 0.491 e. The van der Waals surface area contributed by atoms with Crippen LogP contribution in [0.2, 0.25) is 5.15 Å². The summed E-state index contributed by atoms with van der Waals surface area (Å²) in [5.74, 6) is 1.68. The van der Waals surface area contributed by atoms with Crippen molar-refractivity contribution in [3.8, 4) is 5.75 Å². The van der Waals surface area contributed by atoms with Crippen LogP contribution in [-0.4, -0.2) is 45.9 Å². The highest BCUT2D eigenvalue weighted by atomic mass is 35.5. The van der Waals surface area contributed by atoms with Gasteiger partial charge in [0.1, 0.15) is 29.4 Å².